The zero-order valence-electron chi connectivity index (χ0n) is 55.1. The third kappa shape index (κ3) is 71.7. The van der Waals surface area contributed by atoms with Gasteiger partial charge < -0.3 is 14.6 Å². The van der Waals surface area contributed by atoms with E-state index < -0.39 is 6.10 Å². The maximum Gasteiger partial charge on any atom is 0.306 e. The number of aliphatic hydroxyl groups excluding tert-OH is 1. The van der Waals surface area contributed by atoms with Crippen LogP contribution in [0.1, 0.15) is 219 Å². The molecular weight excluding hydrogens is 1080 g/mol. The molecule has 482 valence electrons. The largest absolute Gasteiger partial charge is 0.462 e. The molecule has 1 unspecified atom stereocenters. The SMILES string of the molecule is CC/C=C\C/C=C\C/C=C\C/C=C\C/C=C\C/C=C\C/C=C\C/C=C\C/C=C\C/C=C\C/C=C\C/C=C\CCCCCCC(=O)OC(CO)COC(=O)CCCC/C=C\C/C=C\C/C=C\C/C=C\C/C=C\C/C=C\C/C=C\C/C=C\C/C=C\C/C=C\CC. The van der Waals surface area contributed by atoms with E-state index in [4.69, 9.17) is 9.47 Å². The molecule has 0 aromatic carbocycles. The Labute approximate surface area is 539 Å². The number of allylic oxidation sites excluding steroid dienone is 44. The van der Waals surface area contributed by atoms with Crippen molar-refractivity contribution in [3.8, 4) is 0 Å². The lowest BCUT2D eigenvalue weighted by molar-refractivity contribution is -0.161. The molecule has 0 aromatic heterocycles. The molecule has 5 heteroatoms. The summed E-state index contributed by atoms with van der Waals surface area (Å²) in [6, 6.07) is 0. The summed E-state index contributed by atoms with van der Waals surface area (Å²) in [5, 5.41) is 9.68. The summed E-state index contributed by atoms with van der Waals surface area (Å²) in [7, 11) is 0. The second-order valence-electron chi connectivity index (χ2n) is 21.1. The molecule has 0 heterocycles. The van der Waals surface area contributed by atoms with Crippen molar-refractivity contribution in [3.05, 3.63) is 267 Å². The number of hydrogen-bond donors (Lipinski definition) is 1. The third-order valence-corrected chi connectivity index (χ3v) is 13.0. The molecule has 0 aliphatic carbocycles. The smallest absolute Gasteiger partial charge is 0.306 e. The Morgan fingerprint density at radius 3 is 0.693 bits per heavy atom. The first-order valence-electron chi connectivity index (χ1n) is 33.9. The van der Waals surface area contributed by atoms with Gasteiger partial charge in [0, 0.05) is 12.8 Å². The standard InChI is InChI=1S/C83H120O5/c1-3-5-7-9-11-13-15-17-19-21-23-25-27-29-31-33-35-37-38-39-40-41-42-43-44-46-48-50-52-54-56-58-60-62-64-66-68-70-72-74-76-78-83(86)88-81(79-84)80-87-82(85)77-75-73-71-69-67-65-63-61-59-57-55-53-51-49-47-45-36-34-32-30-28-26-24-22-20-18-16-14-12-10-8-6-4-2/h5-8,11-14,17-20,23-26,29-32,35-37,39-40,42-43,45-46,48-49,51-52,54-55,57-58,60-61,63-64,66-67,69,81,84H,3-4,9-10,15-16,21-22,27-28,33-34,38,41,44,47,50,53,56,59,62,65,68,70-80H2,1-2H3/b7-5-,8-6-,13-11-,14-12-,19-17-,20-18-,25-23-,26-24-,31-29-,32-30-,37-35-,40-39-,43-42-,45-36-,48-46-,51-49-,54-52-,57-55-,60-58-,63-61-,66-64-,69-67-. The normalized spacial score (nSPS) is 14.0. The first-order chi connectivity index (χ1) is 43.6. The van der Waals surface area contributed by atoms with Gasteiger partial charge in [0.15, 0.2) is 6.10 Å². The number of hydrogen-bond acceptors (Lipinski definition) is 5. The fourth-order valence-corrected chi connectivity index (χ4v) is 8.03. The van der Waals surface area contributed by atoms with Gasteiger partial charge in [0.1, 0.15) is 6.61 Å². The lowest BCUT2D eigenvalue weighted by Crippen LogP contribution is -2.28. The van der Waals surface area contributed by atoms with E-state index in [0.717, 1.165) is 193 Å². The minimum Gasteiger partial charge on any atom is -0.462 e. The summed E-state index contributed by atoms with van der Waals surface area (Å²) in [6.07, 6.45) is 127. The van der Waals surface area contributed by atoms with Crippen LogP contribution in [0.3, 0.4) is 0 Å². The Hall–Kier alpha value is -6.82. The van der Waals surface area contributed by atoms with Gasteiger partial charge in [0.2, 0.25) is 0 Å². The molecule has 1 N–H and O–H groups in total. The second-order valence-corrected chi connectivity index (χ2v) is 21.1. The summed E-state index contributed by atoms with van der Waals surface area (Å²) in [5.74, 6) is -0.696. The van der Waals surface area contributed by atoms with Crippen molar-refractivity contribution in [3.63, 3.8) is 0 Å². The van der Waals surface area contributed by atoms with Crippen molar-refractivity contribution in [1.29, 1.82) is 0 Å². The summed E-state index contributed by atoms with van der Waals surface area (Å²) in [6.45, 7) is 3.83. The van der Waals surface area contributed by atoms with Gasteiger partial charge in [0.25, 0.3) is 0 Å². The zero-order valence-corrected chi connectivity index (χ0v) is 55.1. The summed E-state index contributed by atoms with van der Waals surface area (Å²) < 4.78 is 10.7. The first-order valence-corrected chi connectivity index (χ1v) is 33.9. The highest BCUT2D eigenvalue weighted by Gasteiger charge is 2.16. The highest BCUT2D eigenvalue weighted by molar-refractivity contribution is 5.70. The first kappa shape index (κ1) is 81.2. The van der Waals surface area contributed by atoms with E-state index in [9.17, 15) is 14.7 Å². The highest BCUT2D eigenvalue weighted by atomic mass is 16.6. The van der Waals surface area contributed by atoms with Crippen molar-refractivity contribution < 1.29 is 24.2 Å². The van der Waals surface area contributed by atoms with Gasteiger partial charge in [-0.3, -0.25) is 9.59 Å². The van der Waals surface area contributed by atoms with Crippen molar-refractivity contribution in [2.45, 2.75) is 225 Å². The maximum atomic E-state index is 12.3. The van der Waals surface area contributed by atoms with Crippen molar-refractivity contribution >= 4 is 11.9 Å². The molecule has 0 aliphatic rings. The maximum absolute atomic E-state index is 12.3. The lowest BCUT2D eigenvalue weighted by atomic mass is 10.1. The molecule has 0 saturated heterocycles. The number of carbonyl (C=O) groups is 2. The van der Waals surface area contributed by atoms with Crippen LogP contribution >= 0.6 is 0 Å². The monoisotopic (exact) mass is 1200 g/mol. The average Bonchev–Trinajstić information content (AvgIpc) is 3.56. The van der Waals surface area contributed by atoms with E-state index in [1.54, 1.807) is 0 Å². The van der Waals surface area contributed by atoms with Gasteiger partial charge in [-0.05, 0) is 180 Å². The number of unbranched alkanes of at least 4 members (excludes halogenated alkanes) is 6. The summed E-state index contributed by atoms with van der Waals surface area (Å²) in [5.41, 5.74) is 0. The molecule has 0 fully saturated rings. The molecule has 0 rings (SSSR count). The molecule has 88 heavy (non-hydrogen) atoms. The third-order valence-electron chi connectivity index (χ3n) is 13.0. The van der Waals surface area contributed by atoms with Crippen LogP contribution in [0.4, 0.5) is 0 Å². The number of aliphatic hydroxyl groups is 1. The van der Waals surface area contributed by atoms with Crippen LogP contribution in [0.2, 0.25) is 0 Å². The highest BCUT2D eigenvalue weighted by Crippen LogP contribution is 2.10. The van der Waals surface area contributed by atoms with Crippen molar-refractivity contribution in [2.24, 2.45) is 0 Å². The number of carbonyl (C=O) groups excluding carboxylic acids is 2. The Bertz CT molecular complexity index is 2290. The number of rotatable bonds is 58. The number of esters is 2. The van der Waals surface area contributed by atoms with E-state index in [2.05, 4.69) is 281 Å². The molecular formula is C83H120O5. The lowest BCUT2D eigenvalue weighted by Gasteiger charge is -2.15. The zero-order chi connectivity index (χ0) is 63.3. The van der Waals surface area contributed by atoms with Crippen LogP contribution in [0.25, 0.3) is 0 Å². The molecule has 1 atom stereocenters. The van der Waals surface area contributed by atoms with Crippen LogP contribution in [0, 0.1) is 0 Å². The van der Waals surface area contributed by atoms with Gasteiger partial charge >= 0.3 is 11.9 Å². The predicted molar refractivity (Wildman–Crippen MR) is 388 cm³/mol. The van der Waals surface area contributed by atoms with Crippen LogP contribution in [-0.2, 0) is 19.1 Å². The molecule has 0 spiro atoms. The molecule has 5 nitrogen and oxygen atoms in total. The average molecular weight is 1200 g/mol. The van der Waals surface area contributed by atoms with E-state index in [1.807, 2.05) is 0 Å². The van der Waals surface area contributed by atoms with E-state index in [-0.39, 0.29) is 25.2 Å². The van der Waals surface area contributed by atoms with E-state index >= 15 is 0 Å². The van der Waals surface area contributed by atoms with Gasteiger partial charge in [0.05, 0.1) is 6.61 Å². The minimum absolute atomic E-state index is 0.119. The molecule has 0 saturated carbocycles. The summed E-state index contributed by atoms with van der Waals surface area (Å²) >= 11 is 0. The fourth-order valence-electron chi connectivity index (χ4n) is 8.03. The van der Waals surface area contributed by atoms with Crippen LogP contribution in [-0.4, -0.2) is 36.4 Å². The quantitative estimate of drug-likeness (QED) is 0.0373. The topological polar surface area (TPSA) is 72.8 Å². The Kier molecular flexibility index (Phi) is 68.7. The van der Waals surface area contributed by atoms with Gasteiger partial charge in [-0.2, -0.15) is 0 Å². The van der Waals surface area contributed by atoms with Crippen LogP contribution < -0.4 is 0 Å². The Morgan fingerprint density at radius 2 is 0.455 bits per heavy atom. The number of ether oxygens (including phenoxy) is 2. The second kappa shape index (κ2) is 74.4. The van der Waals surface area contributed by atoms with Gasteiger partial charge in [-0.1, -0.05) is 294 Å². The van der Waals surface area contributed by atoms with Crippen LogP contribution in [0.5, 0.6) is 0 Å². The summed E-state index contributed by atoms with van der Waals surface area (Å²) in [4.78, 5) is 24.6. The van der Waals surface area contributed by atoms with E-state index in [1.165, 1.54) is 0 Å². The fraction of sp³-hybridized carbons (Fsp3) is 0.446. The van der Waals surface area contributed by atoms with Gasteiger partial charge in [-0.25, -0.2) is 0 Å². The van der Waals surface area contributed by atoms with Gasteiger partial charge in [-0.15, -0.1) is 0 Å². The molecule has 0 bridgehead atoms. The molecule has 0 amide bonds. The van der Waals surface area contributed by atoms with Crippen LogP contribution in [0.15, 0.2) is 267 Å². The predicted octanol–water partition coefficient (Wildman–Crippen LogP) is 24.2. The Morgan fingerprint density at radius 1 is 0.261 bits per heavy atom. The Balaban J connectivity index is 3.76. The molecule has 0 aromatic rings. The molecule has 0 aliphatic heterocycles. The van der Waals surface area contributed by atoms with Crippen molar-refractivity contribution in [2.75, 3.05) is 13.2 Å². The minimum atomic E-state index is -0.829. The van der Waals surface area contributed by atoms with Crippen molar-refractivity contribution in [1.82, 2.24) is 0 Å². The molecule has 0 radical (unpaired) electrons. The van der Waals surface area contributed by atoms with E-state index in [0.29, 0.717) is 12.8 Å².